The molecule has 0 aliphatic carbocycles. The second-order valence-corrected chi connectivity index (χ2v) is 7.21. The fourth-order valence-corrected chi connectivity index (χ4v) is 3.44. The molecule has 1 aromatic carbocycles. The molecule has 1 aliphatic rings. The number of imidazole rings is 1. The lowest BCUT2D eigenvalue weighted by Gasteiger charge is -2.32. The van der Waals surface area contributed by atoms with Gasteiger partial charge in [0.15, 0.2) is 0 Å². The van der Waals surface area contributed by atoms with Crippen LogP contribution < -0.4 is 5.32 Å². The van der Waals surface area contributed by atoms with Crippen LogP contribution in [-0.4, -0.2) is 59.1 Å². The van der Waals surface area contributed by atoms with Crippen molar-refractivity contribution in [3.8, 4) is 0 Å². The highest BCUT2D eigenvalue weighted by molar-refractivity contribution is 5.74. The van der Waals surface area contributed by atoms with Crippen LogP contribution in [0.1, 0.15) is 30.1 Å². The molecule has 1 fully saturated rings. The van der Waals surface area contributed by atoms with Crippen molar-refractivity contribution in [2.75, 3.05) is 33.7 Å². The van der Waals surface area contributed by atoms with Gasteiger partial charge in [0, 0.05) is 51.0 Å². The third-order valence-corrected chi connectivity index (χ3v) is 4.90. The van der Waals surface area contributed by atoms with Crippen LogP contribution in [0, 0.1) is 0 Å². The smallest absolute Gasteiger partial charge is 0.317 e. The summed E-state index contributed by atoms with van der Waals surface area (Å²) < 4.78 is 2.23. The number of likely N-dealkylation sites (tertiary alicyclic amines) is 1. The molecule has 3 rings (SSSR count). The second kappa shape index (κ2) is 8.85. The summed E-state index contributed by atoms with van der Waals surface area (Å²) in [4.78, 5) is 21.3. The fraction of sp³-hybridized carbons (Fsp3) is 0.500. The highest BCUT2D eigenvalue weighted by Gasteiger charge is 2.27. The van der Waals surface area contributed by atoms with E-state index >= 15 is 0 Å². The van der Waals surface area contributed by atoms with Crippen LogP contribution in [0.5, 0.6) is 0 Å². The first-order valence-corrected chi connectivity index (χ1v) is 9.36. The van der Waals surface area contributed by atoms with Gasteiger partial charge < -0.3 is 19.7 Å². The van der Waals surface area contributed by atoms with Crippen LogP contribution in [0.3, 0.4) is 0 Å². The summed E-state index contributed by atoms with van der Waals surface area (Å²) in [6, 6.07) is 10.0. The van der Waals surface area contributed by atoms with E-state index in [0.717, 1.165) is 50.4 Å². The summed E-state index contributed by atoms with van der Waals surface area (Å²) in [5.74, 6) is 1.41. The predicted molar refractivity (Wildman–Crippen MR) is 103 cm³/mol. The van der Waals surface area contributed by atoms with Crippen LogP contribution in [0.15, 0.2) is 42.7 Å². The number of hydrogen-bond acceptors (Lipinski definition) is 3. The molecule has 1 unspecified atom stereocenters. The quantitative estimate of drug-likeness (QED) is 0.866. The van der Waals surface area contributed by atoms with Gasteiger partial charge in [-0.15, -0.1) is 0 Å². The van der Waals surface area contributed by atoms with Crippen LogP contribution in [0.25, 0.3) is 0 Å². The van der Waals surface area contributed by atoms with Gasteiger partial charge in [0.05, 0.1) is 0 Å². The number of hydrogen-bond donors (Lipinski definition) is 1. The van der Waals surface area contributed by atoms with Crippen molar-refractivity contribution in [1.82, 2.24) is 24.7 Å². The van der Waals surface area contributed by atoms with E-state index in [2.05, 4.69) is 33.9 Å². The minimum atomic E-state index is 0.0185. The zero-order chi connectivity index (χ0) is 18.4. The number of urea groups is 1. The average molecular weight is 355 g/mol. The lowest BCUT2D eigenvalue weighted by atomic mass is 9.97. The number of carbonyl (C=O) groups is 1. The lowest BCUT2D eigenvalue weighted by molar-refractivity contribution is 0.177. The number of likely N-dealkylation sites (N-methyl/N-ethyl adjacent to an activating group) is 1. The number of carbonyl (C=O) groups excluding carboxylic acids is 1. The topological polar surface area (TPSA) is 53.4 Å². The Bertz CT molecular complexity index is 697. The summed E-state index contributed by atoms with van der Waals surface area (Å²) in [5, 5.41) is 3.04. The molecule has 2 heterocycles. The predicted octanol–water partition coefficient (Wildman–Crippen LogP) is 2.53. The molecule has 0 radical (unpaired) electrons. The molecule has 1 N–H and O–H groups in total. The zero-order valence-corrected chi connectivity index (χ0v) is 15.8. The first-order chi connectivity index (χ1) is 12.6. The summed E-state index contributed by atoms with van der Waals surface area (Å²) in [6.07, 6.45) is 6.03. The van der Waals surface area contributed by atoms with Gasteiger partial charge in [0.25, 0.3) is 0 Å². The Labute approximate surface area is 155 Å². The maximum Gasteiger partial charge on any atom is 0.317 e. The summed E-state index contributed by atoms with van der Waals surface area (Å²) >= 11 is 0. The molecule has 26 heavy (non-hydrogen) atoms. The number of piperidine rings is 1. The average Bonchev–Trinajstić information content (AvgIpc) is 3.14. The minimum absolute atomic E-state index is 0.0185. The Balaban J connectivity index is 1.57. The van der Waals surface area contributed by atoms with Gasteiger partial charge in [-0.1, -0.05) is 30.3 Å². The van der Waals surface area contributed by atoms with Crippen LogP contribution >= 0.6 is 0 Å². The SMILES string of the molecule is CN(C)CCn1ccnc1C1CCCN(C(=O)NCc2ccccc2)C1. The number of amides is 2. The van der Waals surface area contributed by atoms with E-state index in [9.17, 15) is 4.79 Å². The van der Waals surface area contributed by atoms with Crippen molar-refractivity contribution in [2.24, 2.45) is 0 Å². The van der Waals surface area contributed by atoms with Gasteiger partial charge in [-0.3, -0.25) is 0 Å². The second-order valence-electron chi connectivity index (χ2n) is 7.21. The first kappa shape index (κ1) is 18.5. The van der Waals surface area contributed by atoms with Gasteiger partial charge in [-0.25, -0.2) is 9.78 Å². The Morgan fingerprint density at radius 2 is 2.12 bits per heavy atom. The third-order valence-electron chi connectivity index (χ3n) is 4.90. The number of rotatable bonds is 6. The van der Waals surface area contributed by atoms with Gasteiger partial charge in [-0.05, 0) is 32.5 Å². The van der Waals surface area contributed by atoms with E-state index in [-0.39, 0.29) is 6.03 Å². The maximum atomic E-state index is 12.6. The van der Waals surface area contributed by atoms with Crippen LogP contribution in [0.2, 0.25) is 0 Å². The van der Waals surface area contributed by atoms with E-state index in [0.29, 0.717) is 12.5 Å². The van der Waals surface area contributed by atoms with Crippen molar-refractivity contribution in [3.05, 3.63) is 54.1 Å². The summed E-state index contributed by atoms with van der Waals surface area (Å²) in [5.41, 5.74) is 1.12. The largest absolute Gasteiger partial charge is 0.334 e. The van der Waals surface area contributed by atoms with Crippen molar-refractivity contribution in [3.63, 3.8) is 0 Å². The minimum Gasteiger partial charge on any atom is -0.334 e. The highest BCUT2D eigenvalue weighted by Crippen LogP contribution is 2.26. The van der Waals surface area contributed by atoms with E-state index in [1.54, 1.807) is 0 Å². The molecule has 1 aromatic heterocycles. The van der Waals surface area contributed by atoms with E-state index in [1.165, 1.54) is 0 Å². The van der Waals surface area contributed by atoms with Crippen molar-refractivity contribution >= 4 is 6.03 Å². The lowest BCUT2D eigenvalue weighted by Crippen LogP contribution is -2.45. The van der Waals surface area contributed by atoms with E-state index in [1.807, 2.05) is 47.6 Å². The third kappa shape index (κ3) is 4.85. The van der Waals surface area contributed by atoms with Gasteiger partial charge in [0.2, 0.25) is 0 Å². The molecule has 140 valence electrons. The van der Waals surface area contributed by atoms with Crippen molar-refractivity contribution < 1.29 is 4.79 Å². The standard InChI is InChI=1S/C20H29N5O/c1-23(2)13-14-24-12-10-21-19(24)18-9-6-11-25(16-18)20(26)22-15-17-7-4-3-5-8-17/h3-5,7-8,10,12,18H,6,9,11,13-16H2,1-2H3,(H,22,26). The summed E-state index contributed by atoms with van der Waals surface area (Å²) in [7, 11) is 4.16. The Kier molecular flexibility index (Phi) is 6.28. The first-order valence-electron chi connectivity index (χ1n) is 9.36. The van der Waals surface area contributed by atoms with Crippen molar-refractivity contribution in [1.29, 1.82) is 0 Å². The maximum absolute atomic E-state index is 12.6. The Morgan fingerprint density at radius 1 is 1.31 bits per heavy atom. The molecular weight excluding hydrogens is 326 g/mol. The Hall–Kier alpha value is -2.34. The van der Waals surface area contributed by atoms with Crippen LogP contribution in [0.4, 0.5) is 4.79 Å². The van der Waals surface area contributed by atoms with Crippen LogP contribution in [-0.2, 0) is 13.1 Å². The molecule has 0 bridgehead atoms. The molecule has 0 spiro atoms. The van der Waals surface area contributed by atoms with Crippen molar-refractivity contribution in [2.45, 2.75) is 31.8 Å². The van der Waals surface area contributed by atoms with Gasteiger partial charge in [0.1, 0.15) is 5.82 Å². The Morgan fingerprint density at radius 3 is 2.88 bits per heavy atom. The van der Waals surface area contributed by atoms with E-state index in [4.69, 9.17) is 0 Å². The zero-order valence-electron chi connectivity index (χ0n) is 15.8. The van der Waals surface area contributed by atoms with Gasteiger partial charge in [-0.2, -0.15) is 0 Å². The molecule has 0 saturated carbocycles. The molecule has 2 amide bonds. The number of benzene rings is 1. The molecular formula is C20H29N5O. The molecule has 2 aromatic rings. The van der Waals surface area contributed by atoms with E-state index < -0.39 is 0 Å². The molecule has 1 aliphatic heterocycles. The highest BCUT2D eigenvalue weighted by atomic mass is 16.2. The monoisotopic (exact) mass is 355 g/mol. The fourth-order valence-electron chi connectivity index (χ4n) is 3.44. The summed E-state index contributed by atoms with van der Waals surface area (Å²) in [6.45, 7) is 4.03. The molecule has 6 nitrogen and oxygen atoms in total. The number of nitrogens with one attached hydrogen (secondary N) is 1. The molecule has 6 heteroatoms. The number of nitrogens with zero attached hydrogens (tertiary/aromatic N) is 4. The number of aromatic nitrogens is 2. The molecule has 1 atom stereocenters. The van der Waals surface area contributed by atoms with Gasteiger partial charge >= 0.3 is 6.03 Å². The molecule has 1 saturated heterocycles. The normalized spacial score (nSPS) is 17.5.